The molecule has 1 N–H and O–H groups in total. The molecule has 3 aromatic carbocycles. The molecule has 0 aliphatic rings. The summed E-state index contributed by atoms with van der Waals surface area (Å²) < 4.78 is 1.43. The van der Waals surface area contributed by atoms with E-state index in [0.29, 0.717) is 22.2 Å². The lowest BCUT2D eigenvalue weighted by Gasteiger charge is -2.13. The molecule has 148 valence electrons. The van der Waals surface area contributed by atoms with Crippen LogP contribution >= 0.6 is 0 Å². The Morgan fingerprint density at radius 1 is 1.03 bits per heavy atom. The summed E-state index contributed by atoms with van der Waals surface area (Å²) in [4.78, 5) is 28.4. The number of rotatable bonds is 5. The number of aryl methyl sites for hydroxylation is 1. The second-order valence-corrected chi connectivity index (χ2v) is 6.61. The molecule has 0 aliphatic carbocycles. The Labute approximate surface area is 171 Å². The van der Waals surface area contributed by atoms with E-state index in [1.807, 2.05) is 31.2 Å². The van der Waals surface area contributed by atoms with Gasteiger partial charge in [0.1, 0.15) is 0 Å². The Kier molecular flexibility index (Phi) is 5.04. The van der Waals surface area contributed by atoms with Gasteiger partial charge in [-0.15, -0.1) is 0 Å². The first kappa shape index (κ1) is 19.0. The number of nitro benzene ring substituents is 1. The number of benzene rings is 3. The SMILES string of the molecule is Cc1ccc(-n2c(N/N=C\c3ccccc3[N+](=O)[O-])nc3ccccc3c2=O)cc1. The van der Waals surface area contributed by atoms with Gasteiger partial charge in [0.2, 0.25) is 5.95 Å². The molecule has 0 amide bonds. The van der Waals surface area contributed by atoms with Crippen molar-refractivity contribution in [1.82, 2.24) is 9.55 Å². The number of hydrogen-bond acceptors (Lipinski definition) is 6. The predicted octanol–water partition coefficient (Wildman–Crippen LogP) is 4.05. The van der Waals surface area contributed by atoms with Crippen molar-refractivity contribution >= 4 is 28.8 Å². The van der Waals surface area contributed by atoms with Crippen LogP contribution in [0.5, 0.6) is 0 Å². The quantitative estimate of drug-likeness (QED) is 0.310. The number of aromatic nitrogens is 2. The molecule has 0 bridgehead atoms. The normalized spacial score (nSPS) is 11.1. The molecule has 0 atom stereocenters. The van der Waals surface area contributed by atoms with Crippen LogP contribution < -0.4 is 11.0 Å². The van der Waals surface area contributed by atoms with Gasteiger partial charge in [-0.25, -0.2) is 15.0 Å². The summed E-state index contributed by atoms with van der Waals surface area (Å²) in [5.41, 5.74) is 5.01. The number of fused-ring (bicyclic) bond motifs is 1. The molecule has 1 heterocycles. The van der Waals surface area contributed by atoms with Gasteiger partial charge in [0.15, 0.2) is 0 Å². The highest BCUT2D eigenvalue weighted by Gasteiger charge is 2.13. The molecule has 4 rings (SSSR count). The molecule has 4 aromatic rings. The first-order valence-electron chi connectivity index (χ1n) is 9.16. The number of para-hydroxylation sites is 2. The fraction of sp³-hybridized carbons (Fsp3) is 0.0455. The summed E-state index contributed by atoms with van der Waals surface area (Å²) in [6, 6.07) is 20.7. The van der Waals surface area contributed by atoms with Crippen molar-refractivity contribution in [3.63, 3.8) is 0 Å². The van der Waals surface area contributed by atoms with Crippen LogP contribution in [-0.2, 0) is 0 Å². The van der Waals surface area contributed by atoms with Crippen molar-refractivity contribution in [3.8, 4) is 5.69 Å². The lowest BCUT2D eigenvalue weighted by atomic mass is 10.2. The van der Waals surface area contributed by atoms with E-state index in [1.54, 1.807) is 42.5 Å². The van der Waals surface area contributed by atoms with Crippen LogP contribution in [0.15, 0.2) is 82.7 Å². The average molecular weight is 399 g/mol. The van der Waals surface area contributed by atoms with E-state index in [1.165, 1.54) is 16.8 Å². The molecule has 8 nitrogen and oxygen atoms in total. The topological polar surface area (TPSA) is 102 Å². The largest absolute Gasteiger partial charge is 0.278 e. The molecule has 0 radical (unpaired) electrons. The number of hydrogen-bond donors (Lipinski definition) is 1. The lowest BCUT2D eigenvalue weighted by molar-refractivity contribution is -0.385. The van der Waals surface area contributed by atoms with Crippen molar-refractivity contribution in [2.45, 2.75) is 6.92 Å². The minimum atomic E-state index is -0.474. The van der Waals surface area contributed by atoms with Crippen molar-refractivity contribution < 1.29 is 4.92 Å². The molecule has 0 aliphatic heterocycles. The number of hydrazone groups is 1. The number of nitro groups is 1. The minimum absolute atomic E-state index is 0.0644. The first-order chi connectivity index (χ1) is 14.5. The van der Waals surface area contributed by atoms with E-state index >= 15 is 0 Å². The van der Waals surface area contributed by atoms with Gasteiger partial charge in [-0.3, -0.25) is 14.9 Å². The highest BCUT2D eigenvalue weighted by Crippen LogP contribution is 2.18. The first-order valence-corrected chi connectivity index (χ1v) is 9.16. The molecule has 0 fully saturated rings. The van der Waals surface area contributed by atoms with Crippen LogP contribution in [0.3, 0.4) is 0 Å². The van der Waals surface area contributed by atoms with Crippen molar-refractivity contribution in [3.05, 3.63) is 104 Å². The van der Waals surface area contributed by atoms with Crippen LogP contribution in [0.2, 0.25) is 0 Å². The Morgan fingerprint density at radius 3 is 2.50 bits per heavy atom. The van der Waals surface area contributed by atoms with Gasteiger partial charge in [-0.2, -0.15) is 5.10 Å². The highest BCUT2D eigenvalue weighted by atomic mass is 16.6. The van der Waals surface area contributed by atoms with Crippen LogP contribution in [-0.4, -0.2) is 20.7 Å². The Morgan fingerprint density at radius 2 is 1.73 bits per heavy atom. The van der Waals surface area contributed by atoms with E-state index in [9.17, 15) is 14.9 Å². The fourth-order valence-electron chi connectivity index (χ4n) is 3.06. The third-order valence-corrected chi connectivity index (χ3v) is 4.57. The second-order valence-electron chi connectivity index (χ2n) is 6.61. The van der Waals surface area contributed by atoms with Crippen LogP contribution in [0.4, 0.5) is 11.6 Å². The predicted molar refractivity (Wildman–Crippen MR) is 116 cm³/mol. The maximum atomic E-state index is 13.2. The smallest absolute Gasteiger partial charge is 0.268 e. The van der Waals surface area contributed by atoms with E-state index < -0.39 is 4.92 Å². The van der Waals surface area contributed by atoms with Crippen LogP contribution in [0, 0.1) is 17.0 Å². The lowest BCUT2D eigenvalue weighted by Crippen LogP contribution is -2.22. The van der Waals surface area contributed by atoms with Gasteiger partial charge in [-0.05, 0) is 37.3 Å². The fourth-order valence-corrected chi connectivity index (χ4v) is 3.06. The summed E-state index contributed by atoms with van der Waals surface area (Å²) in [6.45, 7) is 1.96. The highest BCUT2D eigenvalue weighted by molar-refractivity contribution is 5.85. The minimum Gasteiger partial charge on any atom is -0.268 e. The van der Waals surface area contributed by atoms with Crippen molar-refractivity contribution in [2.24, 2.45) is 5.10 Å². The Balaban J connectivity index is 1.80. The van der Waals surface area contributed by atoms with Gasteiger partial charge >= 0.3 is 0 Å². The molecule has 0 spiro atoms. The Hall–Kier alpha value is -4.33. The van der Waals surface area contributed by atoms with Crippen molar-refractivity contribution in [2.75, 3.05) is 5.43 Å². The molecular weight excluding hydrogens is 382 g/mol. The molecular formula is C22H17N5O3. The zero-order valence-electron chi connectivity index (χ0n) is 16.0. The van der Waals surface area contributed by atoms with E-state index in [2.05, 4.69) is 15.5 Å². The van der Waals surface area contributed by atoms with Gasteiger partial charge in [0, 0.05) is 6.07 Å². The Bertz CT molecular complexity index is 1330. The second kappa shape index (κ2) is 7.96. The zero-order chi connectivity index (χ0) is 21.1. The molecule has 8 heteroatoms. The van der Waals surface area contributed by atoms with Gasteiger partial charge in [0.25, 0.3) is 11.2 Å². The summed E-state index contributed by atoms with van der Waals surface area (Å²) in [5.74, 6) is 0.206. The van der Waals surface area contributed by atoms with Gasteiger partial charge in [-0.1, -0.05) is 42.0 Å². The number of nitrogens with zero attached hydrogens (tertiary/aromatic N) is 4. The third kappa shape index (κ3) is 3.66. The van der Waals surface area contributed by atoms with Crippen LogP contribution in [0.1, 0.15) is 11.1 Å². The maximum Gasteiger partial charge on any atom is 0.278 e. The summed E-state index contributed by atoms with van der Waals surface area (Å²) >= 11 is 0. The van der Waals surface area contributed by atoms with E-state index in [4.69, 9.17) is 0 Å². The average Bonchev–Trinajstić information content (AvgIpc) is 2.75. The third-order valence-electron chi connectivity index (χ3n) is 4.57. The standard InChI is InChI=1S/C22H17N5O3/c1-15-10-12-17(13-11-15)26-21(28)18-7-3-4-8-19(18)24-22(26)25-23-14-16-6-2-5-9-20(16)27(29)30/h2-14H,1H3,(H,24,25)/b23-14-. The summed E-state index contributed by atoms with van der Waals surface area (Å²) in [6.07, 6.45) is 1.33. The molecule has 0 unspecified atom stereocenters. The molecule has 1 aromatic heterocycles. The van der Waals surface area contributed by atoms with Crippen molar-refractivity contribution in [1.29, 1.82) is 0 Å². The van der Waals surface area contributed by atoms with E-state index in [-0.39, 0.29) is 17.2 Å². The summed E-state index contributed by atoms with van der Waals surface area (Å²) in [7, 11) is 0. The van der Waals surface area contributed by atoms with E-state index in [0.717, 1.165) is 5.56 Å². The molecule has 0 saturated heterocycles. The number of anilines is 1. The summed E-state index contributed by atoms with van der Waals surface area (Å²) in [5, 5.41) is 15.8. The van der Waals surface area contributed by atoms with Gasteiger partial charge < -0.3 is 0 Å². The monoisotopic (exact) mass is 399 g/mol. The van der Waals surface area contributed by atoms with Crippen LogP contribution in [0.25, 0.3) is 16.6 Å². The number of nitrogens with one attached hydrogen (secondary N) is 1. The molecule has 30 heavy (non-hydrogen) atoms. The maximum absolute atomic E-state index is 13.2. The molecule has 0 saturated carbocycles. The zero-order valence-corrected chi connectivity index (χ0v) is 16.0. The van der Waals surface area contributed by atoms with Gasteiger partial charge in [0.05, 0.1) is 33.3 Å².